The maximum Gasteiger partial charge on any atom is 0.338 e. The summed E-state index contributed by atoms with van der Waals surface area (Å²) in [4.78, 5) is 28.5. The lowest BCUT2D eigenvalue weighted by Gasteiger charge is -2.11. The highest BCUT2D eigenvalue weighted by Crippen LogP contribution is 2.23. The van der Waals surface area contributed by atoms with Gasteiger partial charge in [0.2, 0.25) is 0 Å². The van der Waals surface area contributed by atoms with Crippen LogP contribution in [0.1, 0.15) is 27.6 Å². The van der Waals surface area contributed by atoms with Crippen LogP contribution in [0, 0.1) is 0 Å². The highest BCUT2D eigenvalue weighted by Gasteiger charge is 2.18. The molecule has 0 spiro atoms. The fourth-order valence-electron chi connectivity index (χ4n) is 3.30. The molecule has 0 radical (unpaired) electrons. The Balaban J connectivity index is 1.45. The molecule has 0 unspecified atom stereocenters. The second kappa shape index (κ2) is 9.72. The van der Waals surface area contributed by atoms with Crippen LogP contribution in [0.4, 0.5) is 11.4 Å². The Hall–Kier alpha value is -4.24. The van der Waals surface area contributed by atoms with Crippen LogP contribution in [0.15, 0.2) is 90.0 Å². The Labute approximate surface area is 196 Å². The van der Waals surface area contributed by atoms with Gasteiger partial charge in [-0.2, -0.15) is 0 Å². The van der Waals surface area contributed by atoms with Crippen molar-refractivity contribution in [2.24, 2.45) is 0 Å². The van der Waals surface area contributed by atoms with Crippen LogP contribution in [0.5, 0.6) is 0 Å². The third-order valence-corrected chi connectivity index (χ3v) is 6.35. The monoisotopic (exact) mass is 475 g/mol. The summed E-state index contributed by atoms with van der Waals surface area (Å²) in [5.74, 6) is -0.811. The average molecular weight is 476 g/mol. The summed E-state index contributed by atoms with van der Waals surface area (Å²) in [5, 5.41) is 3.45. The van der Waals surface area contributed by atoms with Gasteiger partial charge >= 0.3 is 5.97 Å². The molecule has 34 heavy (non-hydrogen) atoms. The van der Waals surface area contributed by atoms with Crippen molar-refractivity contribution >= 4 is 44.2 Å². The number of fused-ring (bicyclic) bond motifs is 1. The molecular formula is C25H21N3O5S. The lowest BCUT2D eigenvalue weighted by Crippen LogP contribution is -2.15. The van der Waals surface area contributed by atoms with Crippen LogP contribution >= 0.6 is 0 Å². The van der Waals surface area contributed by atoms with Gasteiger partial charge in [0.05, 0.1) is 17.7 Å². The van der Waals surface area contributed by atoms with Crippen molar-refractivity contribution in [3.05, 3.63) is 96.2 Å². The molecule has 0 aliphatic heterocycles. The molecule has 0 saturated heterocycles. The van der Waals surface area contributed by atoms with Gasteiger partial charge in [0.15, 0.2) is 0 Å². The molecule has 8 nitrogen and oxygen atoms in total. The summed E-state index contributed by atoms with van der Waals surface area (Å²) >= 11 is 0. The summed E-state index contributed by atoms with van der Waals surface area (Å²) in [7, 11) is -3.89. The Morgan fingerprint density at radius 3 is 2.21 bits per heavy atom. The molecule has 0 saturated carbocycles. The normalized spacial score (nSPS) is 11.1. The van der Waals surface area contributed by atoms with Crippen molar-refractivity contribution in [1.29, 1.82) is 0 Å². The van der Waals surface area contributed by atoms with Crippen molar-refractivity contribution in [2.45, 2.75) is 11.8 Å². The number of hydrogen-bond donors (Lipinski definition) is 2. The van der Waals surface area contributed by atoms with Gasteiger partial charge in [0.25, 0.3) is 15.9 Å². The zero-order valence-corrected chi connectivity index (χ0v) is 19.0. The number of rotatable bonds is 7. The lowest BCUT2D eigenvalue weighted by atomic mass is 10.1. The first-order chi connectivity index (χ1) is 16.4. The van der Waals surface area contributed by atoms with E-state index in [1.807, 2.05) is 0 Å². The number of sulfonamides is 1. The molecule has 1 amide bonds. The molecule has 0 aliphatic rings. The second-order valence-electron chi connectivity index (χ2n) is 7.27. The van der Waals surface area contributed by atoms with E-state index in [4.69, 9.17) is 4.74 Å². The van der Waals surface area contributed by atoms with E-state index >= 15 is 0 Å². The third-order valence-electron chi connectivity index (χ3n) is 4.94. The first-order valence-corrected chi connectivity index (χ1v) is 11.9. The molecule has 4 aromatic rings. The Morgan fingerprint density at radius 2 is 1.50 bits per heavy atom. The smallest absolute Gasteiger partial charge is 0.338 e. The van der Waals surface area contributed by atoms with E-state index < -0.39 is 16.0 Å². The van der Waals surface area contributed by atoms with Gasteiger partial charge < -0.3 is 10.1 Å². The van der Waals surface area contributed by atoms with Crippen LogP contribution in [-0.2, 0) is 14.8 Å². The summed E-state index contributed by atoms with van der Waals surface area (Å²) in [6.07, 6.45) is 1.54. The topological polar surface area (TPSA) is 114 Å². The molecule has 1 aromatic heterocycles. The zero-order valence-electron chi connectivity index (χ0n) is 18.2. The van der Waals surface area contributed by atoms with E-state index in [1.165, 1.54) is 30.3 Å². The van der Waals surface area contributed by atoms with Gasteiger partial charge in [0.1, 0.15) is 4.90 Å². The fourth-order valence-corrected chi connectivity index (χ4v) is 4.54. The first-order valence-electron chi connectivity index (χ1n) is 10.4. The Morgan fingerprint density at radius 1 is 0.853 bits per heavy atom. The largest absolute Gasteiger partial charge is 0.462 e. The van der Waals surface area contributed by atoms with E-state index in [0.29, 0.717) is 33.4 Å². The molecule has 0 aliphatic carbocycles. The summed E-state index contributed by atoms with van der Waals surface area (Å²) in [6, 6.07) is 20.9. The average Bonchev–Trinajstić information content (AvgIpc) is 2.84. The zero-order chi connectivity index (χ0) is 24.1. The molecule has 1 heterocycles. The number of nitrogens with zero attached hydrogens (tertiary/aromatic N) is 1. The quantitative estimate of drug-likeness (QED) is 0.381. The van der Waals surface area contributed by atoms with Crippen LogP contribution in [0.3, 0.4) is 0 Å². The number of carbonyl (C=O) groups is 2. The van der Waals surface area contributed by atoms with E-state index in [-0.39, 0.29) is 17.4 Å². The van der Waals surface area contributed by atoms with E-state index in [1.54, 1.807) is 61.7 Å². The van der Waals surface area contributed by atoms with Crippen molar-refractivity contribution < 1.29 is 22.7 Å². The number of amides is 1. The minimum atomic E-state index is -3.89. The van der Waals surface area contributed by atoms with E-state index in [0.717, 1.165) is 0 Å². The number of esters is 1. The number of hydrogen-bond acceptors (Lipinski definition) is 6. The molecule has 0 fully saturated rings. The molecule has 9 heteroatoms. The van der Waals surface area contributed by atoms with Gasteiger partial charge in [-0.3, -0.25) is 14.5 Å². The number of anilines is 2. The van der Waals surface area contributed by atoms with Crippen molar-refractivity contribution in [3.8, 4) is 0 Å². The maximum absolute atomic E-state index is 12.9. The number of nitrogens with one attached hydrogen (secondary N) is 2. The minimum Gasteiger partial charge on any atom is -0.462 e. The fraction of sp³-hybridized carbons (Fsp3) is 0.0800. The number of carbonyl (C=O) groups excluding carboxylic acids is 2. The summed E-state index contributed by atoms with van der Waals surface area (Å²) in [6.45, 7) is 2.01. The number of aromatic nitrogens is 1. The lowest BCUT2D eigenvalue weighted by molar-refractivity contribution is 0.0526. The first kappa shape index (κ1) is 22.9. The van der Waals surface area contributed by atoms with Crippen LogP contribution in [-0.4, -0.2) is 31.9 Å². The van der Waals surface area contributed by atoms with Crippen LogP contribution < -0.4 is 10.0 Å². The van der Waals surface area contributed by atoms with Gasteiger partial charge in [-0.05, 0) is 67.6 Å². The third kappa shape index (κ3) is 5.05. The van der Waals surface area contributed by atoms with E-state index in [9.17, 15) is 18.0 Å². The predicted octanol–water partition coefficient (Wildman–Crippen LogP) is 4.46. The van der Waals surface area contributed by atoms with E-state index in [2.05, 4.69) is 15.0 Å². The highest BCUT2D eigenvalue weighted by molar-refractivity contribution is 7.93. The SMILES string of the molecule is CCOC(=O)c1ccc(NC(=O)c2ccc(NS(=O)(=O)c3cccc4cccnc34)cc2)cc1. The Kier molecular flexibility index (Phi) is 6.55. The molecular weight excluding hydrogens is 454 g/mol. The number of para-hydroxylation sites is 1. The van der Waals surface area contributed by atoms with Gasteiger partial charge in [-0.25, -0.2) is 13.2 Å². The van der Waals surface area contributed by atoms with Crippen molar-refractivity contribution in [2.75, 3.05) is 16.6 Å². The summed E-state index contributed by atoms with van der Waals surface area (Å²) in [5.41, 5.74) is 1.92. The van der Waals surface area contributed by atoms with Gasteiger partial charge in [-0.15, -0.1) is 0 Å². The number of ether oxygens (including phenoxy) is 1. The minimum absolute atomic E-state index is 0.0682. The second-order valence-corrected chi connectivity index (χ2v) is 8.92. The molecule has 3 aromatic carbocycles. The van der Waals surface area contributed by atoms with Crippen LogP contribution in [0.2, 0.25) is 0 Å². The molecule has 4 rings (SSSR count). The highest BCUT2D eigenvalue weighted by atomic mass is 32.2. The number of benzene rings is 3. The maximum atomic E-state index is 12.9. The van der Waals surface area contributed by atoms with Gasteiger partial charge in [0, 0.05) is 28.5 Å². The molecule has 0 atom stereocenters. The summed E-state index contributed by atoms with van der Waals surface area (Å²) < 4.78 is 33.3. The Bertz CT molecular complexity index is 1450. The molecule has 0 bridgehead atoms. The number of pyridine rings is 1. The van der Waals surface area contributed by atoms with Crippen molar-refractivity contribution in [3.63, 3.8) is 0 Å². The molecule has 2 N–H and O–H groups in total. The standard InChI is InChI=1S/C25H21N3O5S/c1-2-33-25(30)19-10-12-20(13-11-19)27-24(29)18-8-14-21(15-9-18)28-34(31,32)22-7-3-5-17-6-4-16-26-23(17)22/h3-16,28H,2H2,1H3,(H,27,29). The van der Waals surface area contributed by atoms with Crippen molar-refractivity contribution in [1.82, 2.24) is 4.98 Å². The van der Waals surface area contributed by atoms with Crippen LogP contribution in [0.25, 0.3) is 10.9 Å². The molecule has 172 valence electrons. The van der Waals surface area contributed by atoms with Gasteiger partial charge in [-0.1, -0.05) is 18.2 Å². The predicted molar refractivity (Wildman–Crippen MR) is 129 cm³/mol.